The van der Waals surface area contributed by atoms with Gasteiger partial charge in [0.05, 0.1) is 7.11 Å². The maximum Gasteiger partial charge on any atom is 0.165 e. The van der Waals surface area contributed by atoms with E-state index >= 15 is 0 Å². The highest BCUT2D eigenvalue weighted by Crippen LogP contribution is 2.39. The molecular formula is C17H19FO. The predicted octanol–water partition coefficient (Wildman–Crippen LogP) is 4.77. The quantitative estimate of drug-likeness (QED) is 0.755. The largest absolute Gasteiger partial charge is 0.494 e. The van der Waals surface area contributed by atoms with E-state index in [1.165, 1.54) is 18.3 Å². The fourth-order valence-corrected chi connectivity index (χ4v) is 2.76. The van der Waals surface area contributed by atoms with Crippen LogP contribution in [0.15, 0.2) is 54.7 Å². The Morgan fingerprint density at radius 3 is 2.68 bits per heavy atom. The normalized spacial score (nSPS) is 19.2. The van der Waals surface area contributed by atoms with Crippen molar-refractivity contribution in [2.75, 3.05) is 7.11 Å². The molecule has 0 bridgehead atoms. The lowest BCUT2D eigenvalue weighted by atomic mass is 9.78. The van der Waals surface area contributed by atoms with E-state index in [2.05, 4.69) is 13.2 Å². The first kappa shape index (κ1) is 13.6. The van der Waals surface area contributed by atoms with Crippen molar-refractivity contribution < 1.29 is 9.13 Å². The first-order chi connectivity index (χ1) is 9.21. The van der Waals surface area contributed by atoms with Crippen molar-refractivity contribution in [3.63, 3.8) is 0 Å². The molecule has 1 aliphatic carbocycles. The second-order valence-corrected chi connectivity index (χ2v) is 4.73. The lowest BCUT2D eigenvalue weighted by molar-refractivity contribution is 0.386. The van der Waals surface area contributed by atoms with Gasteiger partial charge in [0.2, 0.25) is 0 Å². The Balaban J connectivity index is 2.43. The summed E-state index contributed by atoms with van der Waals surface area (Å²) in [6.07, 6.45) is 6.91. The molecule has 0 aliphatic heterocycles. The zero-order valence-corrected chi connectivity index (χ0v) is 11.3. The van der Waals surface area contributed by atoms with Gasteiger partial charge in [0, 0.05) is 5.92 Å². The summed E-state index contributed by atoms with van der Waals surface area (Å²) < 4.78 is 18.8. The standard InChI is InChI=1S/C17H19FO/c1-4-12-7-6-8-15(14(12)5-2)13-9-10-17(19-3)16(18)11-13/h4-5,9-11,15H,1-2,6-8H2,3H3. The van der Waals surface area contributed by atoms with E-state index in [0.717, 1.165) is 24.8 Å². The SMILES string of the molecule is C=CC1=C(C=C)C(c2ccc(OC)c(F)c2)CCC1. The minimum atomic E-state index is -0.311. The molecule has 1 aromatic rings. The van der Waals surface area contributed by atoms with Gasteiger partial charge in [-0.2, -0.15) is 0 Å². The average molecular weight is 258 g/mol. The van der Waals surface area contributed by atoms with E-state index in [-0.39, 0.29) is 17.5 Å². The topological polar surface area (TPSA) is 9.23 Å². The molecule has 1 aromatic carbocycles. The van der Waals surface area contributed by atoms with E-state index in [9.17, 15) is 4.39 Å². The minimum Gasteiger partial charge on any atom is -0.494 e. The van der Waals surface area contributed by atoms with Crippen molar-refractivity contribution in [1.29, 1.82) is 0 Å². The third kappa shape index (κ3) is 2.62. The Hall–Kier alpha value is -1.83. The first-order valence-corrected chi connectivity index (χ1v) is 6.52. The van der Waals surface area contributed by atoms with Crippen molar-refractivity contribution in [2.24, 2.45) is 0 Å². The number of ether oxygens (including phenoxy) is 1. The summed E-state index contributed by atoms with van der Waals surface area (Å²) in [5, 5.41) is 0. The Morgan fingerprint density at radius 1 is 1.32 bits per heavy atom. The van der Waals surface area contributed by atoms with Gasteiger partial charge in [-0.15, -0.1) is 0 Å². The second kappa shape index (κ2) is 5.87. The van der Waals surface area contributed by atoms with Gasteiger partial charge >= 0.3 is 0 Å². The lowest BCUT2D eigenvalue weighted by Gasteiger charge is -2.26. The van der Waals surface area contributed by atoms with Gasteiger partial charge in [0.1, 0.15) is 0 Å². The fraction of sp³-hybridized carbons (Fsp3) is 0.294. The number of allylic oxidation sites excluding steroid dienone is 4. The maximum absolute atomic E-state index is 13.8. The van der Waals surface area contributed by atoms with Crippen LogP contribution >= 0.6 is 0 Å². The zero-order chi connectivity index (χ0) is 13.8. The highest BCUT2D eigenvalue weighted by atomic mass is 19.1. The van der Waals surface area contributed by atoms with Crippen molar-refractivity contribution in [3.05, 3.63) is 66.0 Å². The molecule has 2 rings (SSSR count). The molecule has 2 heteroatoms. The summed E-state index contributed by atoms with van der Waals surface area (Å²) >= 11 is 0. The molecule has 0 radical (unpaired) electrons. The van der Waals surface area contributed by atoms with Crippen LogP contribution in [0.4, 0.5) is 4.39 Å². The van der Waals surface area contributed by atoms with Crippen molar-refractivity contribution >= 4 is 0 Å². The van der Waals surface area contributed by atoms with Crippen molar-refractivity contribution in [2.45, 2.75) is 25.2 Å². The van der Waals surface area contributed by atoms with Gasteiger partial charge in [0.25, 0.3) is 0 Å². The molecule has 19 heavy (non-hydrogen) atoms. The van der Waals surface area contributed by atoms with Crippen LogP contribution < -0.4 is 4.74 Å². The third-order valence-corrected chi connectivity index (χ3v) is 3.73. The molecule has 1 atom stereocenters. The van der Waals surface area contributed by atoms with Gasteiger partial charge in [-0.25, -0.2) is 4.39 Å². The summed E-state index contributed by atoms with van der Waals surface area (Å²) in [4.78, 5) is 0. The molecule has 0 fully saturated rings. The summed E-state index contributed by atoms with van der Waals surface area (Å²) in [5.74, 6) is 0.182. The molecule has 0 saturated carbocycles. The molecule has 0 N–H and O–H groups in total. The number of rotatable bonds is 4. The third-order valence-electron chi connectivity index (χ3n) is 3.73. The number of methoxy groups -OCH3 is 1. The Morgan fingerprint density at radius 2 is 2.11 bits per heavy atom. The van der Waals surface area contributed by atoms with E-state index < -0.39 is 0 Å². The van der Waals surface area contributed by atoms with Crippen LogP contribution in [0.1, 0.15) is 30.7 Å². The molecule has 0 saturated heterocycles. The molecule has 0 heterocycles. The molecule has 0 amide bonds. The monoisotopic (exact) mass is 258 g/mol. The van der Waals surface area contributed by atoms with Crippen molar-refractivity contribution in [3.8, 4) is 5.75 Å². The number of benzene rings is 1. The summed E-state index contributed by atoms with van der Waals surface area (Å²) in [5.41, 5.74) is 3.38. The Kier molecular flexibility index (Phi) is 4.20. The first-order valence-electron chi connectivity index (χ1n) is 6.52. The molecule has 1 aliphatic rings. The van der Waals surface area contributed by atoms with Crippen LogP contribution in [0.2, 0.25) is 0 Å². The highest BCUT2D eigenvalue weighted by Gasteiger charge is 2.22. The van der Waals surface area contributed by atoms with Gasteiger partial charge in [-0.1, -0.05) is 31.4 Å². The summed E-state index contributed by atoms with van der Waals surface area (Å²) in [7, 11) is 1.48. The summed E-state index contributed by atoms with van der Waals surface area (Å²) in [6.45, 7) is 7.75. The van der Waals surface area contributed by atoms with Crippen molar-refractivity contribution in [1.82, 2.24) is 0 Å². The molecule has 100 valence electrons. The fourth-order valence-electron chi connectivity index (χ4n) is 2.76. The predicted molar refractivity (Wildman–Crippen MR) is 77.0 cm³/mol. The number of hydrogen-bond acceptors (Lipinski definition) is 1. The molecule has 0 aromatic heterocycles. The highest BCUT2D eigenvalue weighted by molar-refractivity contribution is 5.44. The number of hydrogen-bond donors (Lipinski definition) is 0. The lowest BCUT2D eigenvalue weighted by Crippen LogP contribution is -2.09. The zero-order valence-electron chi connectivity index (χ0n) is 11.3. The summed E-state index contributed by atoms with van der Waals surface area (Å²) in [6, 6.07) is 5.19. The van der Waals surface area contributed by atoms with Crippen LogP contribution in [0, 0.1) is 5.82 Å². The van der Waals surface area contributed by atoms with E-state index in [1.807, 2.05) is 18.2 Å². The van der Waals surface area contributed by atoms with Crippen LogP contribution in [0.3, 0.4) is 0 Å². The Bertz CT molecular complexity index is 528. The van der Waals surface area contributed by atoms with Crippen LogP contribution in [0.25, 0.3) is 0 Å². The molecule has 0 spiro atoms. The van der Waals surface area contributed by atoms with Gasteiger partial charge in [-0.05, 0) is 48.1 Å². The van der Waals surface area contributed by atoms with Gasteiger partial charge in [0.15, 0.2) is 11.6 Å². The molecule has 1 nitrogen and oxygen atoms in total. The van der Waals surface area contributed by atoms with E-state index in [4.69, 9.17) is 4.74 Å². The van der Waals surface area contributed by atoms with Crippen LogP contribution in [-0.2, 0) is 0 Å². The van der Waals surface area contributed by atoms with E-state index in [1.54, 1.807) is 12.1 Å². The minimum absolute atomic E-state index is 0.208. The Labute approximate surface area is 114 Å². The maximum atomic E-state index is 13.8. The van der Waals surface area contributed by atoms with Crippen LogP contribution in [0.5, 0.6) is 5.75 Å². The average Bonchev–Trinajstić information content (AvgIpc) is 2.46. The second-order valence-electron chi connectivity index (χ2n) is 4.73. The van der Waals surface area contributed by atoms with Crippen LogP contribution in [-0.4, -0.2) is 7.11 Å². The van der Waals surface area contributed by atoms with Gasteiger partial charge in [-0.3, -0.25) is 0 Å². The van der Waals surface area contributed by atoms with Gasteiger partial charge < -0.3 is 4.74 Å². The van der Waals surface area contributed by atoms with E-state index in [0.29, 0.717) is 0 Å². The molecule has 1 unspecified atom stereocenters. The number of halogens is 1. The smallest absolute Gasteiger partial charge is 0.165 e. The molecular weight excluding hydrogens is 239 g/mol.